The Morgan fingerprint density at radius 1 is 1.53 bits per heavy atom. The Labute approximate surface area is 90.8 Å². The number of nitrogens with zero attached hydrogens (tertiary/aromatic N) is 1. The molecule has 0 bridgehead atoms. The fraction of sp³-hybridized carbons (Fsp3) is 0.909. The fourth-order valence-electron chi connectivity index (χ4n) is 2.06. The second-order valence-corrected chi connectivity index (χ2v) is 3.90. The summed E-state index contributed by atoms with van der Waals surface area (Å²) in [5, 5.41) is 17.9. The van der Waals surface area contributed by atoms with Crippen LogP contribution in [0, 0.1) is 11.3 Å². The molecular formula is C11H19NO3. The molecule has 86 valence electrons. The smallest absolute Gasteiger partial charge is 0.179 e. The van der Waals surface area contributed by atoms with Crippen molar-refractivity contribution in [2.75, 3.05) is 20.3 Å². The van der Waals surface area contributed by atoms with Crippen LogP contribution >= 0.6 is 0 Å². The molecule has 0 spiro atoms. The quantitative estimate of drug-likeness (QED) is 0.698. The number of rotatable bonds is 5. The topological polar surface area (TPSA) is 62.5 Å². The molecule has 4 nitrogen and oxygen atoms in total. The van der Waals surface area contributed by atoms with E-state index in [9.17, 15) is 5.26 Å². The van der Waals surface area contributed by atoms with Crippen LogP contribution in [0.25, 0.3) is 0 Å². The summed E-state index contributed by atoms with van der Waals surface area (Å²) in [5.74, 6) is 0. The highest BCUT2D eigenvalue weighted by atomic mass is 16.5. The molecule has 0 aliphatic heterocycles. The molecule has 0 saturated heterocycles. The molecule has 0 heterocycles. The number of aliphatic hydroxyl groups is 1. The average molecular weight is 213 g/mol. The molecule has 1 fully saturated rings. The van der Waals surface area contributed by atoms with Crippen molar-refractivity contribution in [1.82, 2.24) is 0 Å². The van der Waals surface area contributed by atoms with E-state index < -0.39 is 5.60 Å². The normalized spacial score (nSPS) is 31.1. The first-order valence-electron chi connectivity index (χ1n) is 5.48. The van der Waals surface area contributed by atoms with Crippen molar-refractivity contribution in [2.45, 2.75) is 43.8 Å². The van der Waals surface area contributed by atoms with Gasteiger partial charge in [-0.15, -0.1) is 0 Å². The third kappa shape index (κ3) is 2.91. The molecule has 0 radical (unpaired) electrons. The van der Waals surface area contributed by atoms with Crippen molar-refractivity contribution in [2.24, 2.45) is 0 Å². The molecule has 15 heavy (non-hydrogen) atoms. The van der Waals surface area contributed by atoms with Crippen LogP contribution in [0.15, 0.2) is 0 Å². The molecular weight excluding hydrogens is 194 g/mol. The van der Waals surface area contributed by atoms with Crippen molar-refractivity contribution in [3.8, 4) is 6.07 Å². The van der Waals surface area contributed by atoms with Gasteiger partial charge in [0.15, 0.2) is 5.60 Å². The Morgan fingerprint density at radius 3 is 2.93 bits per heavy atom. The van der Waals surface area contributed by atoms with Gasteiger partial charge in [-0.3, -0.25) is 0 Å². The van der Waals surface area contributed by atoms with E-state index >= 15 is 0 Å². The van der Waals surface area contributed by atoms with E-state index in [4.69, 9.17) is 14.6 Å². The SMILES string of the molecule is COC1CCCCC1(C#N)OCCCO. The number of hydrogen-bond acceptors (Lipinski definition) is 4. The molecule has 1 rings (SSSR count). The van der Waals surface area contributed by atoms with Gasteiger partial charge in [-0.1, -0.05) is 6.42 Å². The zero-order valence-electron chi connectivity index (χ0n) is 9.24. The van der Waals surface area contributed by atoms with E-state index in [1.165, 1.54) is 0 Å². The van der Waals surface area contributed by atoms with Crippen molar-refractivity contribution >= 4 is 0 Å². The van der Waals surface area contributed by atoms with Gasteiger partial charge in [0, 0.05) is 13.7 Å². The van der Waals surface area contributed by atoms with Crippen LogP contribution in [0.1, 0.15) is 32.1 Å². The van der Waals surface area contributed by atoms with Crippen LogP contribution in [0.3, 0.4) is 0 Å². The standard InChI is InChI=1S/C11H19NO3/c1-14-10-5-2-3-6-11(10,9-12)15-8-4-7-13/h10,13H,2-8H2,1H3. The van der Waals surface area contributed by atoms with Gasteiger partial charge in [0.25, 0.3) is 0 Å². The Morgan fingerprint density at radius 2 is 2.33 bits per heavy atom. The second-order valence-electron chi connectivity index (χ2n) is 3.90. The highest BCUT2D eigenvalue weighted by Gasteiger charge is 2.42. The lowest BCUT2D eigenvalue weighted by Gasteiger charge is -2.37. The summed E-state index contributed by atoms with van der Waals surface area (Å²) in [5.41, 5.74) is -0.790. The van der Waals surface area contributed by atoms with Crippen LogP contribution in [0.2, 0.25) is 0 Å². The van der Waals surface area contributed by atoms with Gasteiger partial charge in [-0.25, -0.2) is 0 Å². The summed E-state index contributed by atoms with van der Waals surface area (Å²) in [6.07, 6.45) is 4.14. The monoisotopic (exact) mass is 213 g/mol. The number of aliphatic hydroxyl groups excluding tert-OH is 1. The Hall–Kier alpha value is -0.630. The summed E-state index contributed by atoms with van der Waals surface area (Å²) in [6.45, 7) is 0.517. The van der Waals surface area contributed by atoms with E-state index in [1.54, 1.807) is 7.11 Å². The van der Waals surface area contributed by atoms with E-state index in [-0.39, 0.29) is 12.7 Å². The zero-order valence-corrected chi connectivity index (χ0v) is 9.24. The summed E-state index contributed by atoms with van der Waals surface area (Å²) >= 11 is 0. The number of ether oxygens (including phenoxy) is 2. The lowest BCUT2D eigenvalue weighted by Crippen LogP contribution is -2.47. The van der Waals surface area contributed by atoms with E-state index in [0.29, 0.717) is 13.0 Å². The fourth-order valence-corrected chi connectivity index (χ4v) is 2.06. The van der Waals surface area contributed by atoms with E-state index in [0.717, 1.165) is 25.7 Å². The van der Waals surface area contributed by atoms with Crippen LogP contribution in [0.5, 0.6) is 0 Å². The third-order valence-electron chi connectivity index (χ3n) is 2.92. The highest BCUT2D eigenvalue weighted by molar-refractivity contribution is 5.09. The summed E-state index contributed by atoms with van der Waals surface area (Å²) < 4.78 is 10.9. The van der Waals surface area contributed by atoms with Gasteiger partial charge in [-0.2, -0.15) is 5.26 Å². The molecule has 1 aliphatic carbocycles. The molecule has 4 heteroatoms. The van der Waals surface area contributed by atoms with Crippen molar-refractivity contribution in [1.29, 1.82) is 5.26 Å². The van der Waals surface area contributed by atoms with Crippen LogP contribution in [-0.2, 0) is 9.47 Å². The Kier molecular flexibility index (Phi) is 5.03. The molecule has 0 aromatic rings. The summed E-state index contributed by atoms with van der Waals surface area (Å²) in [7, 11) is 1.62. The number of methoxy groups -OCH3 is 1. The van der Waals surface area contributed by atoms with Gasteiger partial charge in [-0.05, 0) is 25.7 Å². The van der Waals surface area contributed by atoms with Crippen LogP contribution in [-0.4, -0.2) is 37.1 Å². The van der Waals surface area contributed by atoms with Crippen molar-refractivity contribution in [3.05, 3.63) is 0 Å². The number of nitriles is 1. The molecule has 2 unspecified atom stereocenters. The van der Waals surface area contributed by atoms with Gasteiger partial charge in [0.2, 0.25) is 0 Å². The third-order valence-corrected chi connectivity index (χ3v) is 2.92. The van der Waals surface area contributed by atoms with Gasteiger partial charge >= 0.3 is 0 Å². The van der Waals surface area contributed by atoms with Crippen molar-refractivity contribution < 1.29 is 14.6 Å². The first kappa shape index (κ1) is 12.4. The minimum absolute atomic E-state index is 0.0964. The zero-order chi connectivity index (χ0) is 11.1. The van der Waals surface area contributed by atoms with E-state index in [1.807, 2.05) is 0 Å². The predicted molar refractivity (Wildman–Crippen MR) is 55.3 cm³/mol. The van der Waals surface area contributed by atoms with Crippen molar-refractivity contribution in [3.63, 3.8) is 0 Å². The van der Waals surface area contributed by atoms with Gasteiger partial charge in [0.05, 0.1) is 12.7 Å². The minimum Gasteiger partial charge on any atom is -0.396 e. The maximum atomic E-state index is 9.22. The van der Waals surface area contributed by atoms with Crippen LogP contribution in [0.4, 0.5) is 0 Å². The van der Waals surface area contributed by atoms with Gasteiger partial charge in [0.1, 0.15) is 6.07 Å². The average Bonchev–Trinajstić information content (AvgIpc) is 2.30. The Balaban J connectivity index is 2.58. The predicted octanol–water partition coefficient (Wildman–Crippen LogP) is 1.24. The second kappa shape index (κ2) is 6.06. The van der Waals surface area contributed by atoms with E-state index in [2.05, 4.69) is 6.07 Å². The molecule has 1 aliphatic rings. The first-order valence-corrected chi connectivity index (χ1v) is 5.48. The minimum atomic E-state index is -0.790. The lowest BCUT2D eigenvalue weighted by molar-refractivity contribution is -0.123. The summed E-state index contributed by atoms with van der Waals surface area (Å²) in [4.78, 5) is 0. The maximum Gasteiger partial charge on any atom is 0.179 e. The molecule has 2 atom stereocenters. The Bertz CT molecular complexity index is 226. The molecule has 1 saturated carbocycles. The van der Waals surface area contributed by atoms with Gasteiger partial charge < -0.3 is 14.6 Å². The molecule has 1 N–H and O–H groups in total. The highest BCUT2D eigenvalue weighted by Crippen LogP contribution is 2.33. The van der Waals surface area contributed by atoms with Crippen LogP contribution < -0.4 is 0 Å². The largest absolute Gasteiger partial charge is 0.396 e. The first-order chi connectivity index (χ1) is 7.29. The molecule has 0 aromatic carbocycles. The number of hydrogen-bond donors (Lipinski definition) is 1. The maximum absolute atomic E-state index is 9.22. The molecule has 0 aromatic heterocycles. The lowest BCUT2D eigenvalue weighted by atomic mass is 9.83. The summed E-state index contributed by atoms with van der Waals surface area (Å²) in [6, 6.07) is 2.25. The molecule has 0 amide bonds.